The second-order valence-corrected chi connectivity index (χ2v) is 6.41. The minimum atomic E-state index is -0.243. The van der Waals surface area contributed by atoms with Crippen LogP contribution in [0.25, 0.3) is 10.9 Å². The van der Waals surface area contributed by atoms with Crippen LogP contribution in [0, 0.1) is 5.82 Å². The van der Waals surface area contributed by atoms with Gasteiger partial charge < -0.3 is 20.9 Å². The first kappa shape index (κ1) is 23.2. The Morgan fingerprint density at radius 2 is 2.07 bits per heavy atom. The zero-order chi connectivity index (χ0) is 18.9. The van der Waals surface area contributed by atoms with E-state index >= 15 is 0 Å². The van der Waals surface area contributed by atoms with E-state index in [4.69, 9.17) is 0 Å². The summed E-state index contributed by atoms with van der Waals surface area (Å²) in [5.74, 6) is 0.452. The third-order valence-electron chi connectivity index (χ3n) is 3.82. The maximum absolute atomic E-state index is 13.2. The Bertz CT molecular complexity index is 760. The van der Waals surface area contributed by atoms with Crippen molar-refractivity contribution in [3.05, 3.63) is 35.8 Å². The third kappa shape index (κ3) is 7.74. The van der Waals surface area contributed by atoms with Crippen LogP contribution < -0.4 is 16.0 Å². The predicted molar refractivity (Wildman–Crippen MR) is 119 cm³/mol. The van der Waals surface area contributed by atoms with Gasteiger partial charge in [0.2, 0.25) is 5.91 Å². The summed E-state index contributed by atoms with van der Waals surface area (Å²) < 4.78 is 13.2. The number of carbonyl (C=O) groups excluding carboxylic acids is 1. The Kier molecular flexibility index (Phi) is 10.1. The van der Waals surface area contributed by atoms with Gasteiger partial charge in [-0.2, -0.15) is 0 Å². The summed E-state index contributed by atoms with van der Waals surface area (Å²) in [6, 6.07) is 4.91. The van der Waals surface area contributed by atoms with Crippen molar-refractivity contribution < 1.29 is 9.18 Å². The minimum Gasteiger partial charge on any atom is -0.361 e. The summed E-state index contributed by atoms with van der Waals surface area (Å²) in [6.07, 6.45) is 3.05. The van der Waals surface area contributed by atoms with E-state index < -0.39 is 0 Å². The molecule has 0 radical (unpaired) electrons. The molecule has 150 valence electrons. The van der Waals surface area contributed by atoms with Crippen LogP contribution in [0.3, 0.4) is 0 Å². The predicted octanol–water partition coefficient (Wildman–Crippen LogP) is 2.94. The Balaban J connectivity index is 0.00000364. The van der Waals surface area contributed by atoms with Crippen molar-refractivity contribution in [2.75, 3.05) is 19.6 Å². The summed E-state index contributed by atoms with van der Waals surface area (Å²) in [6.45, 7) is 7.74. The lowest BCUT2D eigenvalue weighted by Gasteiger charge is -2.11. The molecule has 0 saturated heterocycles. The largest absolute Gasteiger partial charge is 0.361 e. The zero-order valence-electron chi connectivity index (χ0n) is 16.1. The van der Waals surface area contributed by atoms with E-state index in [0.29, 0.717) is 25.5 Å². The molecule has 2 aromatic rings. The van der Waals surface area contributed by atoms with Crippen LogP contribution in [0.5, 0.6) is 0 Å². The first-order valence-corrected chi connectivity index (χ1v) is 9.06. The number of H-pyrrole nitrogens is 1. The fraction of sp³-hybridized carbons (Fsp3) is 0.474. The number of rotatable bonds is 8. The number of amides is 1. The molecule has 27 heavy (non-hydrogen) atoms. The maximum atomic E-state index is 13.2. The molecule has 0 aliphatic carbocycles. The smallest absolute Gasteiger partial charge is 0.222 e. The molecule has 1 amide bonds. The summed E-state index contributed by atoms with van der Waals surface area (Å²) in [5.41, 5.74) is 1.93. The van der Waals surface area contributed by atoms with Gasteiger partial charge >= 0.3 is 0 Å². The second-order valence-electron chi connectivity index (χ2n) is 6.41. The molecule has 4 N–H and O–H groups in total. The Morgan fingerprint density at radius 3 is 2.78 bits per heavy atom. The van der Waals surface area contributed by atoms with Crippen molar-refractivity contribution in [2.24, 2.45) is 4.99 Å². The third-order valence-corrected chi connectivity index (χ3v) is 3.82. The van der Waals surface area contributed by atoms with Crippen molar-refractivity contribution in [1.82, 2.24) is 20.9 Å². The van der Waals surface area contributed by atoms with E-state index in [1.54, 1.807) is 6.07 Å². The molecule has 8 heteroatoms. The van der Waals surface area contributed by atoms with Crippen LogP contribution in [0.4, 0.5) is 4.39 Å². The highest BCUT2D eigenvalue weighted by atomic mass is 127. The molecule has 0 unspecified atom stereocenters. The molecule has 0 bridgehead atoms. The summed E-state index contributed by atoms with van der Waals surface area (Å²) in [7, 11) is 0. The molecule has 6 nitrogen and oxygen atoms in total. The average Bonchev–Trinajstić information content (AvgIpc) is 2.96. The van der Waals surface area contributed by atoms with E-state index in [9.17, 15) is 9.18 Å². The molecule has 1 aromatic carbocycles. The zero-order valence-corrected chi connectivity index (χ0v) is 18.4. The van der Waals surface area contributed by atoms with Crippen LogP contribution in [-0.4, -0.2) is 42.5 Å². The van der Waals surface area contributed by atoms with Crippen LogP contribution in [-0.2, 0) is 11.2 Å². The SMILES string of the molecule is CCNC(=NCCC(=O)NC(C)C)NCCc1c[nH]c2cc(F)ccc12.I. The highest BCUT2D eigenvalue weighted by molar-refractivity contribution is 14.0. The van der Waals surface area contributed by atoms with Crippen LogP contribution >= 0.6 is 24.0 Å². The Hall–Kier alpha value is -1.84. The topological polar surface area (TPSA) is 81.3 Å². The first-order valence-electron chi connectivity index (χ1n) is 9.06. The van der Waals surface area contributed by atoms with E-state index in [0.717, 1.165) is 29.4 Å². The second kappa shape index (κ2) is 11.8. The lowest BCUT2D eigenvalue weighted by atomic mass is 10.1. The molecule has 0 aliphatic heterocycles. The van der Waals surface area contributed by atoms with Gasteiger partial charge in [0, 0.05) is 42.7 Å². The number of fused-ring (bicyclic) bond motifs is 1. The van der Waals surface area contributed by atoms with Gasteiger partial charge in [0.1, 0.15) is 5.82 Å². The number of nitrogens with zero attached hydrogens (tertiary/aromatic N) is 1. The highest BCUT2D eigenvalue weighted by Gasteiger charge is 2.06. The molecule has 2 rings (SSSR count). The van der Waals surface area contributed by atoms with Gasteiger partial charge in [0.15, 0.2) is 5.96 Å². The van der Waals surface area contributed by atoms with Gasteiger partial charge in [-0.3, -0.25) is 9.79 Å². The van der Waals surface area contributed by atoms with Crippen molar-refractivity contribution in [1.29, 1.82) is 0 Å². The molecule has 1 heterocycles. The number of hydrogen-bond donors (Lipinski definition) is 4. The standard InChI is InChI=1S/C19H28FN5O.HI/c1-4-21-19(23-10-8-18(26)25-13(2)3)22-9-7-14-12-24-17-11-15(20)5-6-16(14)17;/h5-6,11-13,24H,4,7-10H2,1-3H3,(H,25,26)(H2,21,22,23);1H. The number of guanidine groups is 1. The number of hydrogen-bond acceptors (Lipinski definition) is 2. The van der Waals surface area contributed by atoms with Crippen LogP contribution in [0.2, 0.25) is 0 Å². The summed E-state index contributed by atoms with van der Waals surface area (Å²) in [5, 5.41) is 10.3. The van der Waals surface area contributed by atoms with Gasteiger partial charge in [0.05, 0.1) is 6.54 Å². The van der Waals surface area contributed by atoms with Crippen LogP contribution in [0.15, 0.2) is 29.4 Å². The highest BCUT2D eigenvalue weighted by Crippen LogP contribution is 2.19. The van der Waals surface area contributed by atoms with Crippen LogP contribution in [0.1, 0.15) is 32.8 Å². The molecule has 0 spiro atoms. The fourth-order valence-electron chi connectivity index (χ4n) is 2.69. The van der Waals surface area contributed by atoms with Gasteiger partial charge in [0.25, 0.3) is 0 Å². The number of carbonyl (C=O) groups is 1. The summed E-state index contributed by atoms with van der Waals surface area (Å²) in [4.78, 5) is 19.2. The number of aliphatic imine (C=N–C) groups is 1. The maximum Gasteiger partial charge on any atom is 0.222 e. The van der Waals surface area contributed by atoms with Gasteiger partial charge in [-0.25, -0.2) is 4.39 Å². The van der Waals surface area contributed by atoms with Crippen molar-refractivity contribution in [3.63, 3.8) is 0 Å². The minimum absolute atomic E-state index is 0. The van der Waals surface area contributed by atoms with E-state index in [2.05, 4.69) is 25.9 Å². The molecule has 0 aliphatic rings. The Labute approximate surface area is 176 Å². The van der Waals surface area contributed by atoms with Gasteiger partial charge in [-0.05, 0) is 51.0 Å². The average molecular weight is 489 g/mol. The van der Waals surface area contributed by atoms with E-state index in [1.807, 2.05) is 27.0 Å². The van der Waals surface area contributed by atoms with Gasteiger partial charge in [-0.1, -0.05) is 0 Å². The normalized spacial score (nSPS) is 11.4. The molecular formula is C19H29FIN5O. The van der Waals surface area contributed by atoms with Gasteiger partial charge in [-0.15, -0.1) is 24.0 Å². The van der Waals surface area contributed by atoms with E-state index in [-0.39, 0.29) is 41.7 Å². The van der Waals surface area contributed by atoms with Crippen molar-refractivity contribution in [3.8, 4) is 0 Å². The Morgan fingerprint density at radius 1 is 1.30 bits per heavy atom. The van der Waals surface area contributed by atoms with E-state index in [1.165, 1.54) is 12.1 Å². The first-order chi connectivity index (χ1) is 12.5. The fourth-order valence-corrected chi connectivity index (χ4v) is 2.69. The number of aromatic nitrogens is 1. The molecule has 1 aromatic heterocycles. The van der Waals surface area contributed by atoms with Crippen molar-refractivity contribution in [2.45, 2.75) is 39.7 Å². The molecule has 0 fully saturated rings. The quantitative estimate of drug-likeness (QED) is 0.262. The lowest BCUT2D eigenvalue weighted by molar-refractivity contribution is -0.121. The number of halogens is 2. The molecular weight excluding hydrogens is 460 g/mol. The number of benzene rings is 1. The number of aromatic amines is 1. The molecule has 0 atom stereocenters. The van der Waals surface area contributed by atoms with Crippen molar-refractivity contribution >= 4 is 46.7 Å². The monoisotopic (exact) mass is 489 g/mol. The number of nitrogens with one attached hydrogen (secondary N) is 4. The molecule has 0 saturated carbocycles. The summed E-state index contributed by atoms with van der Waals surface area (Å²) >= 11 is 0. The lowest BCUT2D eigenvalue weighted by Crippen LogP contribution is -2.38.